The minimum absolute atomic E-state index is 0.280. The molecule has 0 bridgehead atoms. The van der Waals surface area contributed by atoms with Gasteiger partial charge in [-0.3, -0.25) is 0 Å². The Hall–Kier alpha value is -1.16. The molecule has 0 unspecified atom stereocenters. The molecule has 3 nitrogen and oxygen atoms in total. The second-order valence-electron chi connectivity index (χ2n) is 2.46. The summed E-state index contributed by atoms with van der Waals surface area (Å²) < 4.78 is 18.0. The fraction of sp³-hybridized carbons (Fsp3) is 0.444. The minimum atomic E-state index is -0.334. The Bertz CT molecular complexity index is 255. The summed E-state index contributed by atoms with van der Waals surface area (Å²) in [5.41, 5.74) is 0. The number of aromatic nitrogens is 1. The van der Waals surface area contributed by atoms with Crippen LogP contribution in [-0.2, 0) is 4.74 Å². The molecule has 4 heteroatoms. The summed E-state index contributed by atoms with van der Waals surface area (Å²) in [7, 11) is 0. The third-order valence-corrected chi connectivity index (χ3v) is 1.50. The molecule has 1 aromatic heterocycles. The van der Waals surface area contributed by atoms with E-state index in [-0.39, 0.29) is 11.6 Å². The highest BCUT2D eigenvalue weighted by molar-refractivity contribution is 5.35. The fourth-order valence-electron chi connectivity index (χ4n) is 0.902. The summed E-state index contributed by atoms with van der Waals surface area (Å²) >= 11 is 0. The second kappa shape index (κ2) is 5.48. The third-order valence-electron chi connectivity index (χ3n) is 1.50. The summed E-state index contributed by atoms with van der Waals surface area (Å²) in [5.74, 6) is -0.0544. The van der Waals surface area contributed by atoms with Gasteiger partial charge in [0.25, 0.3) is 0 Å². The number of hydrogen-bond donors (Lipinski definition) is 1. The van der Waals surface area contributed by atoms with Gasteiger partial charge in [0, 0.05) is 19.3 Å². The zero-order chi connectivity index (χ0) is 9.52. The van der Waals surface area contributed by atoms with Gasteiger partial charge < -0.3 is 10.1 Å². The van der Waals surface area contributed by atoms with Crippen molar-refractivity contribution in [2.45, 2.75) is 6.92 Å². The van der Waals surface area contributed by atoms with Gasteiger partial charge in [0.2, 0.25) is 0 Å². The van der Waals surface area contributed by atoms with E-state index in [1.807, 2.05) is 6.92 Å². The van der Waals surface area contributed by atoms with E-state index in [9.17, 15) is 4.39 Å². The zero-order valence-electron chi connectivity index (χ0n) is 7.59. The molecule has 1 rings (SSSR count). The number of nitrogens with zero attached hydrogens (tertiary/aromatic N) is 1. The Morgan fingerprint density at radius 3 is 3.15 bits per heavy atom. The minimum Gasteiger partial charge on any atom is -0.380 e. The summed E-state index contributed by atoms with van der Waals surface area (Å²) in [4.78, 5) is 3.83. The molecular weight excluding hydrogens is 171 g/mol. The highest BCUT2D eigenvalue weighted by Gasteiger charge is 1.99. The van der Waals surface area contributed by atoms with E-state index in [1.165, 1.54) is 6.07 Å². The van der Waals surface area contributed by atoms with Crippen molar-refractivity contribution in [2.24, 2.45) is 0 Å². The average molecular weight is 184 g/mol. The lowest BCUT2D eigenvalue weighted by Gasteiger charge is -2.05. The van der Waals surface area contributed by atoms with Crippen LogP contribution in [-0.4, -0.2) is 24.7 Å². The Labute approximate surface area is 76.9 Å². The molecule has 0 atom stereocenters. The normalized spacial score (nSPS) is 10.0. The van der Waals surface area contributed by atoms with E-state index >= 15 is 0 Å². The highest BCUT2D eigenvalue weighted by Crippen LogP contribution is 2.07. The Morgan fingerprint density at radius 2 is 2.46 bits per heavy atom. The maximum atomic E-state index is 12.9. The molecule has 13 heavy (non-hydrogen) atoms. The average Bonchev–Trinajstić information content (AvgIpc) is 2.15. The van der Waals surface area contributed by atoms with Crippen molar-refractivity contribution in [1.82, 2.24) is 4.98 Å². The second-order valence-corrected chi connectivity index (χ2v) is 2.46. The lowest BCUT2D eigenvalue weighted by molar-refractivity contribution is 0.158. The van der Waals surface area contributed by atoms with Crippen molar-refractivity contribution in [3.05, 3.63) is 24.1 Å². The number of hydrogen-bond acceptors (Lipinski definition) is 3. The topological polar surface area (TPSA) is 34.1 Å². The molecule has 0 aromatic carbocycles. The Kier molecular flexibility index (Phi) is 4.18. The zero-order valence-corrected chi connectivity index (χ0v) is 7.59. The van der Waals surface area contributed by atoms with Gasteiger partial charge in [-0.15, -0.1) is 0 Å². The van der Waals surface area contributed by atoms with E-state index in [1.54, 1.807) is 12.3 Å². The van der Waals surface area contributed by atoms with Gasteiger partial charge in [-0.1, -0.05) is 0 Å². The summed E-state index contributed by atoms with van der Waals surface area (Å²) in [6.07, 6.45) is 1.55. The maximum Gasteiger partial charge on any atom is 0.165 e. The molecule has 0 aliphatic heterocycles. The van der Waals surface area contributed by atoms with Crippen LogP contribution in [0.15, 0.2) is 18.3 Å². The molecule has 0 fully saturated rings. The Morgan fingerprint density at radius 1 is 1.62 bits per heavy atom. The SMILES string of the molecule is CCOCCNc1ncccc1F. The van der Waals surface area contributed by atoms with E-state index < -0.39 is 0 Å². The first-order chi connectivity index (χ1) is 6.34. The summed E-state index contributed by atoms with van der Waals surface area (Å²) in [6, 6.07) is 2.93. The smallest absolute Gasteiger partial charge is 0.165 e. The number of anilines is 1. The molecule has 0 amide bonds. The molecule has 1 N–H and O–H groups in total. The molecule has 1 aromatic rings. The third kappa shape index (κ3) is 3.38. The number of halogens is 1. The predicted octanol–water partition coefficient (Wildman–Crippen LogP) is 1.67. The van der Waals surface area contributed by atoms with Gasteiger partial charge in [0.15, 0.2) is 11.6 Å². The van der Waals surface area contributed by atoms with Crippen LogP contribution in [0.3, 0.4) is 0 Å². The number of rotatable bonds is 5. The van der Waals surface area contributed by atoms with Crippen molar-refractivity contribution in [3.63, 3.8) is 0 Å². The molecule has 0 radical (unpaired) electrons. The Balaban J connectivity index is 2.32. The van der Waals surface area contributed by atoms with E-state index in [2.05, 4.69) is 10.3 Å². The van der Waals surface area contributed by atoms with E-state index in [4.69, 9.17) is 4.74 Å². The van der Waals surface area contributed by atoms with Gasteiger partial charge >= 0.3 is 0 Å². The first-order valence-electron chi connectivity index (χ1n) is 4.26. The molecule has 0 saturated carbocycles. The van der Waals surface area contributed by atoms with Crippen LogP contribution in [0.5, 0.6) is 0 Å². The van der Waals surface area contributed by atoms with Crippen molar-refractivity contribution in [1.29, 1.82) is 0 Å². The van der Waals surface area contributed by atoms with Crippen LogP contribution in [0.2, 0.25) is 0 Å². The van der Waals surface area contributed by atoms with Crippen LogP contribution >= 0.6 is 0 Å². The lowest BCUT2D eigenvalue weighted by atomic mass is 10.4. The van der Waals surface area contributed by atoms with Gasteiger partial charge in [0.1, 0.15) is 0 Å². The van der Waals surface area contributed by atoms with Crippen LogP contribution < -0.4 is 5.32 Å². The first kappa shape index (κ1) is 9.92. The summed E-state index contributed by atoms with van der Waals surface area (Å²) in [6.45, 7) is 3.72. The monoisotopic (exact) mass is 184 g/mol. The van der Waals surface area contributed by atoms with Crippen LogP contribution in [0.1, 0.15) is 6.92 Å². The molecule has 1 heterocycles. The molecule has 0 aliphatic carbocycles. The highest BCUT2D eigenvalue weighted by atomic mass is 19.1. The molecular formula is C9H13FN2O. The van der Waals surface area contributed by atoms with Crippen LogP contribution in [0, 0.1) is 5.82 Å². The quantitative estimate of drug-likeness (QED) is 0.707. The summed E-state index contributed by atoms with van der Waals surface area (Å²) in [5, 5.41) is 2.84. The molecule has 72 valence electrons. The van der Waals surface area contributed by atoms with Crippen molar-refractivity contribution in [2.75, 3.05) is 25.1 Å². The van der Waals surface area contributed by atoms with Crippen molar-refractivity contribution < 1.29 is 9.13 Å². The van der Waals surface area contributed by atoms with Gasteiger partial charge in [-0.25, -0.2) is 9.37 Å². The first-order valence-corrected chi connectivity index (χ1v) is 4.26. The molecule has 0 saturated heterocycles. The number of ether oxygens (including phenoxy) is 1. The largest absolute Gasteiger partial charge is 0.380 e. The fourth-order valence-corrected chi connectivity index (χ4v) is 0.902. The van der Waals surface area contributed by atoms with Gasteiger partial charge in [0.05, 0.1) is 6.61 Å². The van der Waals surface area contributed by atoms with Crippen molar-refractivity contribution in [3.8, 4) is 0 Å². The van der Waals surface area contributed by atoms with Gasteiger partial charge in [-0.05, 0) is 19.1 Å². The van der Waals surface area contributed by atoms with Crippen molar-refractivity contribution >= 4 is 5.82 Å². The lowest BCUT2D eigenvalue weighted by Crippen LogP contribution is -2.11. The molecule has 0 aliphatic rings. The molecule has 0 spiro atoms. The van der Waals surface area contributed by atoms with Crippen LogP contribution in [0.25, 0.3) is 0 Å². The van der Waals surface area contributed by atoms with E-state index in [0.29, 0.717) is 19.8 Å². The predicted molar refractivity (Wildman–Crippen MR) is 49.2 cm³/mol. The number of nitrogens with one attached hydrogen (secondary N) is 1. The van der Waals surface area contributed by atoms with Crippen LogP contribution in [0.4, 0.5) is 10.2 Å². The standard InChI is InChI=1S/C9H13FN2O/c1-2-13-7-6-12-9-8(10)4-3-5-11-9/h3-5H,2,6-7H2,1H3,(H,11,12). The van der Waals surface area contributed by atoms with E-state index in [0.717, 1.165) is 0 Å². The van der Waals surface area contributed by atoms with Gasteiger partial charge in [-0.2, -0.15) is 0 Å². The number of pyridine rings is 1. The maximum absolute atomic E-state index is 12.9.